The summed E-state index contributed by atoms with van der Waals surface area (Å²) in [5.41, 5.74) is -0.106. The van der Waals surface area contributed by atoms with Crippen LogP contribution < -0.4 is 0 Å². The molecule has 0 aliphatic rings. The number of halogens is 4. The monoisotopic (exact) mass is 294 g/mol. The van der Waals surface area contributed by atoms with Gasteiger partial charge in [0.05, 0.1) is 6.61 Å². The molecular formula is C12H10ClF3O3. The van der Waals surface area contributed by atoms with Crippen LogP contribution in [0.1, 0.15) is 18.4 Å². The van der Waals surface area contributed by atoms with Gasteiger partial charge in [0.25, 0.3) is 5.78 Å². The van der Waals surface area contributed by atoms with E-state index in [2.05, 4.69) is 4.74 Å². The minimum absolute atomic E-state index is 0.106. The topological polar surface area (TPSA) is 43.4 Å². The van der Waals surface area contributed by atoms with Crippen LogP contribution in [0.3, 0.4) is 0 Å². The van der Waals surface area contributed by atoms with E-state index in [-0.39, 0.29) is 17.2 Å². The van der Waals surface area contributed by atoms with Crippen molar-refractivity contribution >= 4 is 23.4 Å². The molecule has 0 aromatic heterocycles. The zero-order valence-electron chi connectivity index (χ0n) is 9.83. The Balaban J connectivity index is 3.16. The second-order valence-corrected chi connectivity index (χ2v) is 4.04. The average Bonchev–Trinajstić information content (AvgIpc) is 2.31. The standard InChI is InChI=1S/C12H10ClF3O3/c1-2-19-11(18)9(10(17)12(14,15)16)7-3-5-8(13)6-4-7/h3-6,9H,2H2,1H3. The second-order valence-electron chi connectivity index (χ2n) is 3.60. The van der Waals surface area contributed by atoms with Crippen molar-refractivity contribution in [2.75, 3.05) is 6.61 Å². The van der Waals surface area contributed by atoms with E-state index in [0.717, 1.165) is 0 Å². The van der Waals surface area contributed by atoms with Crippen molar-refractivity contribution in [1.82, 2.24) is 0 Å². The number of esters is 1. The zero-order chi connectivity index (χ0) is 14.6. The number of rotatable bonds is 4. The van der Waals surface area contributed by atoms with Gasteiger partial charge in [0.2, 0.25) is 0 Å². The van der Waals surface area contributed by atoms with E-state index in [1.54, 1.807) is 0 Å². The number of benzene rings is 1. The van der Waals surface area contributed by atoms with Crippen LogP contribution in [0, 0.1) is 0 Å². The van der Waals surface area contributed by atoms with E-state index in [4.69, 9.17) is 11.6 Å². The molecule has 0 N–H and O–H groups in total. The molecule has 0 amide bonds. The van der Waals surface area contributed by atoms with Gasteiger partial charge in [-0.25, -0.2) is 0 Å². The first kappa shape index (κ1) is 15.5. The predicted octanol–water partition coefficient (Wildman–Crippen LogP) is 3.12. The number of Topliss-reactive ketones (excluding diaryl/α,β-unsaturated/α-hetero) is 1. The van der Waals surface area contributed by atoms with Crippen LogP contribution >= 0.6 is 11.6 Å². The number of ketones is 1. The molecule has 1 aromatic rings. The van der Waals surface area contributed by atoms with Crippen molar-refractivity contribution in [3.63, 3.8) is 0 Å². The Kier molecular flexibility index (Phi) is 4.94. The van der Waals surface area contributed by atoms with Gasteiger partial charge in [0.15, 0.2) is 0 Å². The van der Waals surface area contributed by atoms with Gasteiger partial charge in [-0.2, -0.15) is 13.2 Å². The number of ether oxygens (including phenoxy) is 1. The average molecular weight is 295 g/mol. The van der Waals surface area contributed by atoms with Gasteiger partial charge < -0.3 is 4.74 Å². The lowest BCUT2D eigenvalue weighted by Gasteiger charge is -2.16. The third-order valence-corrected chi connectivity index (χ3v) is 2.52. The summed E-state index contributed by atoms with van der Waals surface area (Å²) in [4.78, 5) is 22.8. The van der Waals surface area contributed by atoms with Crippen LogP contribution in [0.5, 0.6) is 0 Å². The lowest BCUT2D eigenvalue weighted by Crippen LogP contribution is -2.34. The third-order valence-electron chi connectivity index (χ3n) is 2.27. The first-order valence-electron chi connectivity index (χ1n) is 5.30. The highest BCUT2D eigenvalue weighted by atomic mass is 35.5. The smallest absolute Gasteiger partial charge is 0.451 e. The van der Waals surface area contributed by atoms with Gasteiger partial charge in [-0.05, 0) is 24.6 Å². The number of hydrogen-bond donors (Lipinski definition) is 0. The second kappa shape index (κ2) is 6.06. The fourth-order valence-electron chi connectivity index (χ4n) is 1.44. The first-order chi connectivity index (χ1) is 8.77. The quantitative estimate of drug-likeness (QED) is 0.633. The first-order valence-corrected chi connectivity index (χ1v) is 5.68. The molecule has 0 fully saturated rings. The van der Waals surface area contributed by atoms with Crippen LogP contribution in [0.25, 0.3) is 0 Å². The molecule has 7 heteroatoms. The molecule has 0 aliphatic carbocycles. The lowest BCUT2D eigenvalue weighted by atomic mass is 9.94. The van der Waals surface area contributed by atoms with Crippen LogP contribution in [0.2, 0.25) is 5.02 Å². The molecule has 3 nitrogen and oxygen atoms in total. The van der Waals surface area contributed by atoms with E-state index >= 15 is 0 Å². The Morgan fingerprint density at radius 3 is 2.21 bits per heavy atom. The van der Waals surface area contributed by atoms with E-state index in [1.807, 2.05) is 0 Å². The summed E-state index contributed by atoms with van der Waals surface area (Å²) in [6.07, 6.45) is -5.11. The number of carbonyl (C=O) groups is 2. The highest BCUT2D eigenvalue weighted by molar-refractivity contribution is 6.30. The molecule has 0 spiro atoms. The summed E-state index contributed by atoms with van der Waals surface area (Å²) in [5.74, 6) is -5.40. The molecule has 0 heterocycles. The molecule has 0 bridgehead atoms. The SMILES string of the molecule is CCOC(=O)C(C(=O)C(F)(F)F)c1ccc(Cl)cc1. The number of hydrogen-bond acceptors (Lipinski definition) is 3. The molecule has 0 aliphatic heterocycles. The zero-order valence-corrected chi connectivity index (χ0v) is 10.6. The van der Waals surface area contributed by atoms with Gasteiger partial charge in [0, 0.05) is 5.02 Å². The van der Waals surface area contributed by atoms with Crippen molar-refractivity contribution in [1.29, 1.82) is 0 Å². The fraction of sp³-hybridized carbons (Fsp3) is 0.333. The Hall–Kier alpha value is -1.56. The molecule has 104 valence electrons. The molecule has 0 saturated heterocycles. The third kappa shape index (κ3) is 3.96. The minimum atomic E-state index is -5.11. The number of alkyl halides is 3. The molecule has 0 radical (unpaired) electrons. The Bertz CT molecular complexity index is 468. The summed E-state index contributed by atoms with van der Waals surface area (Å²) >= 11 is 5.60. The highest BCUT2D eigenvalue weighted by Crippen LogP contribution is 2.29. The highest BCUT2D eigenvalue weighted by Gasteiger charge is 2.47. The van der Waals surface area contributed by atoms with E-state index < -0.39 is 23.8 Å². The van der Waals surface area contributed by atoms with Gasteiger partial charge in [-0.3, -0.25) is 9.59 Å². The molecule has 1 aromatic carbocycles. The Labute approximate surface area is 112 Å². The van der Waals surface area contributed by atoms with Gasteiger partial charge in [0.1, 0.15) is 5.92 Å². The van der Waals surface area contributed by atoms with Crippen LogP contribution in [0.4, 0.5) is 13.2 Å². The summed E-state index contributed by atoms with van der Waals surface area (Å²) in [7, 11) is 0. The maximum atomic E-state index is 12.5. The summed E-state index contributed by atoms with van der Waals surface area (Å²) < 4.78 is 42.0. The van der Waals surface area contributed by atoms with E-state index in [9.17, 15) is 22.8 Å². The molecular weight excluding hydrogens is 285 g/mol. The molecule has 1 rings (SSSR count). The van der Waals surface area contributed by atoms with Crippen molar-refractivity contribution in [3.8, 4) is 0 Å². The predicted molar refractivity (Wildman–Crippen MR) is 61.9 cm³/mol. The molecule has 1 unspecified atom stereocenters. The molecule has 1 atom stereocenters. The van der Waals surface area contributed by atoms with Crippen molar-refractivity contribution in [2.45, 2.75) is 19.0 Å². The van der Waals surface area contributed by atoms with Crippen molar-refractivity contribution < 1.29 is 27.5 Å². The molecule has 0 saturated carbocycles. The van der Waals surface area contributed by atoms with E-state index in [0.29, 0.717) is 0 Å². The lowest BCUT2D eigenvalue weighted by molar-refractivity contribution is -0.177. The van der Waals surface area contributed by atoms with Gasteiger partial charge in [-0.1, -0.05) is 23.7 Å². The largest absolute Gasteiger partial charge is 0.465 e. The van der Waals surface area contributed by atoms with Crippen LogP contribution in [-0.2, 0) is 14.3 Å². The van der Waals surface area contributed by atoms with Gasteiger partial charge in [-0.15, -0.1) is 0 Å². The van der Waals surface area contributed by atoms with Crippen LogP contribution in [0.15, 0.2) is 24.3 Å². The minimum Gasteiger partial charge on any atom is -0.465 e. The summed E-state index contributed by atoms with van der Waals surface area (Å²) in [5, 5.41) is 0.283. The summed E-state index contributed by atoms with van der Waals surface area (Å²) in [6.45, 7) is 1.32. The Morgan fingerprint density at radius 1 is 1.26 bits per heavy atom. The maximum Gasteiger partial charge on any atom is 0.451 e. The Morgan fingerprint density at radius 2 is 1.79 bits per heavy atom. The maximum absolute atomic E-state index is 12.5. The van der Waals surface area contributed by atoms with Crippen molar-refractivity contribution in [3.05, 3.63) is 34.9 Å². The number of carbonyl (C=O) groups excluding carboxylic acids is 2. The van der Waals surface area contributed by atoms with Crippen LogP contribution in [-0.4, -0.2) is 24.5 Å². The summed E-state index contributed by atoms with van der Waals surface area (Å²) in [6, 6.07) is 4.97. The fourth-order valence-corrected chi connectivity index (χ4v) is 1.56. The van der Waals surface area contributed by atoms with Crippen molar-refractivity contribution in [2.24, 2.45) is 0 Å². The molecule has 19 heavy (non-hydrogen) atoms. The van der Waals surface area contributed by atoms with Gasteiger partial charge >= 0.3 is 12.1 Å². The van der Waals surface area contributed by atoms with E-state index in [1.165, 1.54) is 31.2 Å². The normalized spacial score (nSPS) is 12.9.